The largest absolute Gasteiger partial charge is 0.479 e. The van der Waals surface area contributed by atoms with Gasteiger partial charge in [0.15, 0.2) is 6.10 Å². The summed E-state index contributed by atoms with van der Waals surface area (Å²) >= 11 is 6.05. The second kappa shape index (κ2) is 7.85. The van der Waals surface area contributed by atoms with Crippen LogP contribution in [0.1, 0.15) is 31.9 Å². The number of rotatable bonds is 6. The van der Waals surface area contributed by atoms with Crippen LogP contribution in [0.25, 0.3) is 0 Å². The van der Waals surface area contributed by atoms with Gasteiger partial charge in [0.2, 0.25) is 0 Å². The maximum atomic E-state index is 12.3. The van der Waals surface area contributed by atoms with Crippen molar-refractivity contribution in [2.24, 2.45) is 0 Å². The standard InChI is InChI=1S/C18H20ClNO2/c1-3-16(14-9-5-4-6-10-14)20-18(21)13(2)22-17-12-8-7-11-15(17)19/h4-13,16H,3H2,1-2H3,(H,20,21)/t13-,16-/m0/s1. The molecule has 3 nitrogen and oxygen atoms in total. The van der Waals surface area contributed by atoms with Crippen molar-refractivity contribution in [1.29, 1.82) is 0 Å². The van der Waals surface area contributed by atoms with Gasteiger partial charge in [0, 0.05) is 0 Å². The van der Waals surface area contributed by atoms with Gasteiger partial charge < -0.3 is 10.1 Å². The first-order valence-corrected chi connectivity index (χ1v) is 7.76. The summed E-state index contributed by atoms with van der Waals surface area (Å²) in [7, 11) is 0. The van der Waals surface area contributed by atoms with Gasteiger partial charge in [0.05, 0.1) is 11.1 Å². The topological polar surface area (TPSA) is 38.3 Å². The lowest BCUT2D eigenvalue weighted by molar-refractivity contribution is -0.128. The van der Waals surface area contributed by atoms with Crippen LogP contribution in [0.15, 0.2) is 54.6 Å². The minimum Gasteiger partial charge on any atom is -0.479 e. The number of amides is 1. The van der Waals surface area contributed by atoms with Gasteiger partial charge in [-0.15, -0.1) is 0 Å². The highest BCUT2D eigenvalue weighted by atomic mass is 35.5. The zero-order chi connectivity index (χ0) is 15.9. The smallest absolute Gasteiger partial charge is 0.261 e. The van der Waals surface area contributed by atoms with Gasteiger partial charge >= 0.3 is 0 Å². The molecule has 0 heterocycles. The molecule has 0 aliphatic carbocycles. The first-order chi connectivity index (χ1) is 10.6. The lowest BCUT2D eigenvalue weighted by Crippen LogP contribution is -2.38. The van der Waals surface area contributed by atoms with Crippen LogP contribution in [0.3, 0.4) is 0 Å². The Labute approximate surface area is 136 Å². The van der Waals surface area contributed by atoms with Gasteiger partial charge in [0.1, 0.15) is 5.75 Å². The average molecular weight is 318 g/mol. The van der Waals surface area contributed by atoms with Crippen LogP contribution in [0.5, 0.6) is 5.75 Å². The SMILES string of the molecule is CC[C@H](NC(=O)[C@H](C)Oc1ccccc1Cl)c1ccccc1. The summed E-state index contributed by atoms with van der Waals surface area (Å²) in [6, 6.07) is 17.0. The van der Waals surface area contributed by atoms with E-state index in [9.17, 15) is 4.79 Å². The fourth-order valence-corrected chi connectivity index (χ4v) is 2.36. The number of hydrogen-bond donors (Lipinski definition) is 1. The van der Waals surface area contributed by atoms with Crippen molar-refractivity contribution >= 4 is 17.5 Å². The first-order valence-electron chi connectivity index (χ1n) is 7.38. The molecule has 0 saturated heterocycles. The monoisotopic (exact) mass is 317 g/mol. The third-order valence-electron chi connectivity index (χ3n) is 3.44. The Morgan fingerprint density at radius 3 is 2.41 bits per heavy atom. The molecule has 0 unspecified atom stereocenters. The molecule has 2 aromatic rings. The van der Waals surface area contributed by atoms with Crippen molar-refractivity contribution < 1.29 is 9.53 Å². The molecule has 0 radical (unpaired) electrons. The van der Waals surface area contributed by atoms with E-state index >= 15 is 0 Å². The van der Waals surface area contributed by atoms with E-state index in [-0.39, 0.29) is 11.9 Å². The number of hydrogen-bond acceptors (Lipinski definition) is 2. The Hall–Kier alpha value is -2.00. The van der Waals surface area contributed by atoms with Gasteiger partial charge in [-0.2, -0.15) is 0 Å². The van der Waals surface area contributed by atoms with Crippen LogP contribution in [0.2, 0.25) is 5.02 Å². The quantitative estimate of drug-likeness (QED) is 0.859. The van der Waals surface area contributed by atoms with Crippen LogP contribution in [0.4, 0.5) is 0 Å². The third kappa shape index (κ3) is 4.25. The Bertz CT molecular complexity index is 615. The number of halogens is 1. The Morgan fingerprint density at radius 2 is 1.77 bits per heavy atom. The molecule has 0 fully saturated rings. The highest BCUT2D eigenvalue weighted by Gasteiger charge is 2.19. The number of nitrogens with one attached hydrogen (secondary N) is 1. The summed E-state index contributed by atoms with van der Waals surface area (Å²) in [6.45, 7) is 3.76. The molecule has 0 aliphatic heterocycles. The van der Waals surface area contributed by atoms with Crippen molar-refractivity contribution in [3.05, 3.63) is 65.2 Å². The zero-order valence-electron chi connectivity index (χ0n) is 12.8. The van der Waals surface area contributed by atoms with Crippen LogP contribution in [-0.4, -0.2) is 12.0 Å². The fraction of sp³-hybridized carbons (Fsp3) is 0.278. The number of para-hydroxylation sites is 1. The summed E-state index contributed by atoms with van der Waals surface area (Å²) in [5, 5.41) is 3.51. The molecule has 0 bridgehead atoms. The molecule has 0 aromatic heterocycles. The second-order valence-electron chi connectivity index (χ2n) is 5.07. The molecule has 0 aliphatic rings. The second-order valence-corrected chi connectivity index (χ2v) is 5.48. The lowest BCUT2D eigenvalue weighted by atomic mass is 10.0. The third-order valence-corrected chi connectivity index (χ3v) is 3.75. The van der Waals surface area contributed by atoms with Gasteiger partial charge in [-0.05, 0) is 31.0 Å². The molecule has 2 atom stereocenters. The van der Waals surface area contributed by atoms with Crippen molar-refractivity contribution in [3.63, 3.8) is 0 Å². The number of carbonyl (C=O) groups excluding carboxylic acids is 1. The molecule has 1 N–H and O–H groups in total. The maximum Gasteiger partial charge on any atom is 0.261 e. The average Bonchev–Trinajstić information content (AvgIpc) is 2.55. The van der Waals surface area contributed by atoms with Crippen LogP contribution in [0, 0.1) is 0 Å². The number of benzene rings is 2. The molecular formula is C18H20ClNO2. The van der Waals surface area contributed by atoms with E-state index < -0.39 is 6.10 Å². The minimum absolute atomic E-state index is 0.0222. The van der Waals surface area contributed by atoms with Crippen molar-refractivity contribution in [1.82, 2.24) is 5.32 Å². The van der Waals surface area contributed by atoms with E-state index in [0.717, 1.165) is 12.0 Å². The first kappa shape index (κ1) is 16.4. The van der Waals surface area contributed by atoms with Crippen molar-refractivity contribution in [2.75, 3.05) is 0 Å². The molecule has 1 amide bonds. The van der Waals surface area contributed by atoms with E-state index in [1.807, 2.05) is 49.4 Å². The van der Waals surface area contributed by atoms with Gasteiger partial charge in [-0.3, -0.25) is 4.79 Å². The summed E-state index contributed by atoms with van der Waals surface area (Å²) in [5.41, 5.74) is 1.09. The van der Waals surface area contributed by atoms with Crippen LogP contribution >= 0.6 is 11.6 Å². The van der Waals surface area contributed by atoms with E-state index in [1.54, 1.807) is 19.1 Å². The summed E-state index contributed by atoms with van der Waals surface area (Å²) < 4.78 is 5.64. The maximum absolute atomic E-state index is 12.3. The highest BCUT2D eigenvalue weighted by Crippen LogP contribution is 2.24. The van der Waals surface area contributed by atoms with Gasteiger partial charge in [-0.25, -0.2) is 0 Å². The van der Waals surface area contributed by atoms with Crippen LogP contribution < -0.4 is 10.1 Å². The molecular weight excluding hydrogens is 298 g/mol. The van der Waals surface area contributed by atoms with E-state index in [4.69, 9.17) is 16.3 Å². The van der Waals surface area contributed by atoms with Crippen molar-refractivity contribution in [2.45, 2.75) is 32.4 Å². The predicted molar refractivity (Wildman–Crippen MR) is 89.2 cm³/mol. The normalized spacial score (nSPS) is 13.2. The molecule has 0 spiro atoms. The molecule has 2 aromatic carbocycles. The van der Waals surface area contributed by atoms with E-state index in [1.165, 1.54) is 0 Å². The number of carbonyl (C=O) groups is 1. The Balaban J connectivity index is 2.00. The molecule has 2 rings (SSSR count). The summed E-state index contributed by atoms with van der Waals surface area (Å²) in [4.78, 5) is 12.3. The Morgan fingerprint density at radius 1 is 1.14 bits per heavy atom. The fourth-order valence-electron chi connectivity index (χ4n) is 2.18. The Kier molecular flexibility index (Phi) is 5.84. The van der Waals surface area contributed by atoms with Gasteiger partial charge in [0.25, 0.3) is 5.91 Å². The molecule has 116 valence electrons. The van der Waals surface area contributed by atoms with Crippen molar-refractivity contribution in [3.8, 4) is 5.75 Å². The molecule has 0 saturated carbocycles. The molecule has 22 heavy (non-hydrogen) atoms. The lowest BCUT2D eigenvalue weighted by Gasteiger charge is -2.21. The zero-order valence-corrected chi connectivity index (χ0v) is 13.5. The summed E-state index contributed by atoms with van der Waals surface area (Å²) in [5.74, 6) is 0.357. The van der Waals surface area contributed by atoms with E-state index in [0.29, 0.717) is 10.8 Å². The van der Waals surface area contributed by atoms with Gasteiger partial charge in [-0.1, -0.05) is 61.0 Å². The van der Waals surface area contributed by atoms with Crippen LogP contribution in [-0.2, 0) is 4.79 Å². The number of ether oxygens (including phenoxy) is 1. The highest BCUT2D eigenvalue weighted by molar-refractivity contribution is 6.32. The summed E-state index contributed by atoms with van der Waals surface area (Å²) in [6.07, 6.45) is 0.201. The molecule has 4 heteroatoms. The van der Waals surface area contributed by atoms with E-state index in [2.05, 4.69) is 5.32 Å². The predicted octanol–water partition coefficient (Wildman–Crippen LogP) is 4.37. The minimum atomic E-state index is -0.613.